The molecule has 0 heterocycles. The lowest BCUT2D eigenvalue weighted by Crippen LogP contribution is -2.36. The molecule has 0 aliphatic heterocycles. The normalized spacial score (nSPS) is 12.6. The average Bonchev–Trinajstić information content (AvgIpc) is 2.29. The van der Waals surface area contributed by atoms with Gasteiger partial charge in [0.25, 0.3) is 0 Å². The number of benzene rings is 1. The van der Waals surface area contributed by atoms with Gasteiger partial charge in [-0.3, -0.25) is 4.79 Å². The third kappa shape index (κ3) is 5.26. The van der Waals surface area contributed by atoms with E-state index in [4.69, 9.17) is 9.84 Å². The van der Waals surface area contributed by atoms with Crippen LogP contribution in [0.3, 0.4) is 0 Å². The summed E-state index contributed by atoms with van der Waals surface area (Å²) in [5, 5.41) is 11.6. The van der Waals surface area contributed by atoms with Crippen molar-refractivity contribution < 1.29 is 23.8 Å². The zero-order valence-corrected chi connectivity index (χ0v) is 11.6. The van der Waals surface area contributed by atoms with Crippen LogP contribution in [-0.2, 0) is 9.53 Å². The number of rotatable bonds is 4. The van der Waals surface area contributed by atoms with Crippen LogP contribution in [0.4, 0.5) is 9.18 Å². The van der Waals surface area contributed by atoms with Gasteiger partial charge in [0.15, 0.2) is 0 Å². The molecular weight excluding hydrogens is 265 g/mol. The van der Waals surface area contributed by atoms with Gasteiger partial charge >= 0.3 is 12.1 Å². The standard InChI is InChI=1S/C14H18FNO4/c1-14(2,3)20-13(19)16-8-11(12(17)18)9-4-6-10(15)7-5-9/h4-7,11H,8H2,1-3H3,(H,16,19)(H,17,18). The molecule has 1 rings (SSSR count). The van der Waals surface area contributed by atoms with E-state index in [0.29, 0.717) is 5.56 Å². The van der Waals surface area contributed by atoms with E-state index in [-0.39, 0.29) is 6.54 Å². The lowest BCUT2D eigenvalue weighted by atomic mass is 9.99. The second-order valence-electron chi connectivity index (χ2n) is 5.33. The smallest absolute Gasteiger partial charge is 0.407 e. The molecule has 0 spiro atoms. The second kappa shape index (κ2) is 6.36. The van der Waals surface area contributed by atoms with Crippen LogP contribution in [0.15, 0.2) is 24.3 Å². The largest absolute Gasteiger partial charge is 0.481 e. The van der Waals surface area contributed by atoms with Crippen LogP contribution in [0.1, 0.15) is 32.3 Å². The van der Waals surface area contributed by atoms with Crippen LogP contribution in [0, 0.1) is 5.82 Å². The highest BCUT2D eigenvalue weighted by Crippen LogP contribution is 2.16. The zero-order chi connectivity index (χ0) is 15.3. The molecule has 1 amide bonds. The van der Waals surface area contributed by atoms with Crippen molar-refractivity contribution in [3.63, 3.8) is 0 Å². The lowest BCUT2D eigenvalue weighted by molar-refractivity contribution is -0.138. The average molecular weight is 283 g/mol. The Morgan fingerprint density at radius 3 is 2.30 bits per heavy atom. The van der Waals surface area contributed by atoms with Gasteiger partial charge in [-0.2, -0.15) is 0 Å². The predicted octanol–water partition coefficient (Wildman–Crippen LogP) is 2.52. The summed E-state index contributed by atoms with van der Waals surface area (Å²) in [7, 11) is 0. The van der Waals surface area contributed by atoms with Gasteiger partial charge in [-0.15, -0.1) is 0 Å². The fourth-order valence-electron chi connectivity index (χ4n) is 1.54. The van der Waals surface area contributed by atoms with E-state index in [9.17, 15) is 14.0 Å². The quantitative estimate of drug-likeness (QED) is 0.890. The topological polar surface area (TPSA) is 75.6 Å². The first-order valence-electron chi connectivity index (χ1n) is 6.14. The van der Waals surface area contributed by atoms with Crippen LogP contribution >= 0.6 is 0 Å². The number of hydrogen-bond acceptors (Lipinski definition) is 3. The molecule has 0 saturated heterocycles. The lowest BCUT2D eigenvalue weighted by Gasteiger charge is -2.21. The molecule has 2 N–H and O–H groups in total. The molecule has 0 radical (unpaired) electrons. The minimum atomic E-state index is -1.10. The van der Waals surface area contributed by atoms with E-state index in [2.05, 4.69) is 5.32 Å². The summed E-state index contributed by atoms with van der Waals surface area (Å²) in [4.78, 5) is 22.7. The Balaban J connectivity index is 2.67. The third-order valence-electron chi connectivity index (χ3n) is 2.42. The first kappa shape index (κ1) is 15.9. The van der Waals surface area contributed by atoms with Crippen molar-refractivity contribution in [2.75, 3.05) is 6.54 Å². The molecule has 6 heteroatoms. The number of ether oxygens (including phenoxy) is 1. The zero-order valence-electron chi connectivity index (χ0n) is 11.6. The van der Waals surface area contributed by atoms with Crippen molar-refractivity contribution >= 4 is 12.1 Å². The first-order chi connectivity index (χ1) is 9.19. The predicted molar refractivity (Wildman–Crippen MR) is 71.0 cm³/mol. The number of hydrogen-bond donors (Lipinski definition) is 2. The van der Waals surface area contributed by atoms with Crippen molar-refractivity contribution in [2.45, 2.75) is 32.3 Å². The molecule has 1 aromatic rings. The molecule has 20 heavy (non-hydrogen) atoms. The molecule has 0 aliphatic carbocycles. The highest BCUT2D eigenvalue weighted by Gasteiger charge is 2.22. The van der Waals surface area contributed by atoms with Gasteiger partial charge in [0.2, 0.25) is 0 Å². The van der Waals surface area contributed by atoms with Gasteiger partial charge in [0.1, 0.15) is 11.4 Å². The number of nitrogens with one attached hydrogen (secondary N) is 1. The molecule has 0 saturated carbocycles. The van der Waals surface area contributed by atoms with E-state index >= 15 is 0 Å². The number of halogens is 1. The highest BCUT2D eigenvalue weighted by molar-refractivity contribution is 5.77. The van der Waals surface area contributed by atoms with Crippen LogP contribution in [0.2, 0.25) is 0 Å². The summed E-state index contributed by atoms with van der Waals surface area (Å²) in [6.45, 7) is 5.00. The monoisotopic (exact) mass is 283 g/mol. The fraction of sp³-hybridized carbons (Fsp3) is 0.429. The number of carboxylic acid groups (broad SMARTS) is 1. The summed E-state index contributed by atoms with van der Waals surface area (Å²) in [6, 6.07) is 5.12. The van der Waals surface area contributed by atoms with E-state index in [1.807, 2.05) is 0 Å². The van der Waals surface area contributed by atoms with Crippen molar-refractivity contribution in [1.29, 1.82) is 0 Å². The van der Waals surface area contributed by atoms with Gasteiger partial charge in [0.05, 0.1) is 5.92 Å². The van der Waals surface area contributed by atoms with Crippen LogP contribution in [0.25, 0.3) is 0 Å². The number of carbonyl (C=O) groups excluding carboxylic acids is 1. The van der Waals surface area contributed by atoms with Crippen molar-refractivity contribution in [2.24, 2.45) is 0 Å². The highest BCUT2D eigenvalue weighted by atomic mass is 19.1. The summed E-state index contributed by atoms with van der Waals surface area (Å²) in [5.74, 6) is -2.51. The summed E-state index contributed by atoms with van der Waals surface area (Å²) >= 11 is 0. The van der Waals surface area contributed by atoms with Crippen molar-refractivity contribution in [3.05, 3.63) is 35.6 Å². The van der Waals surface area contributed by atoms with Gasteiger partial charge in [0, 0.05) is 6.54 Å². The maximum atomic E-state index is 12.8. The van der Waals surface area contributed by atoms with Crippen LogP contribution in [0.5, 0.6) is 0 Å². The minimum absolute atomic E-state index is 0.129. The van der Waals surface area contributed by atoms with Crippen LogP contribution in [-0.4, -0.2) is 29.3 Å². The van der Waals surface area contributed by atoms with Crippen molar-refractivity contribution in [1.82, 2.24) is 5.32 Å². The van der Waals surface area contributed by atoms with E-state index < -0.39 is 29.4 Å². The molecule has 5 nitrogen and oxygen atoms in total. The number of aliphatic carboxylic acids is 1. The molecule has 1 atom stereocenters. The number of alkyl carbamates (subject to hydrolysis) is 1. The Kier molecular flexibility index (Phi) is 5.07. The molecule has 1 unspecified atom stereocenters. The molecule has 0 bridgehead atoms. The van der Waals surface area contributed by atoms with E-state index in [1.165, 1.54) is 24.3 Å². The Labute approximate surface area is 116 Å². The van der Waals surface area contributed by atoms with Gasteiger partial charge in [-0.1, -0.05) is 12.1 Å². The van der Waals surface area contributed by atoms with E-state index in [0.717, 1.165) is 0 Å². The molecule has 0 fully saturated rings. The molecule has 0 aliphatic rings. The molecule has 0 aromatic heterocycles. The maximum Gasteiger partial charge on any atom is 0.407 e. The Morgan fingerprint density at radius 1 is 1.30 bits per heavy atom. The SMILES string of the molecule is CC(C)(C)OC(=O)NCC(C(=O)O)c1ccc(F)cc1. The molecular formula is C14H18FNO4. The van der Waals surface area contributed by atoms with Gasteiger partial charge in [-0.05, 0) is 38.5 Å². The minimum Gasteiger partial charge on any atom is -0.481 e. The number of amides is 1. The number of carboxylic acids is 1. The first-order valence-corrected chi connectivity index (χ1v) is 6.14. The second-order valence-corrected chi connectivity index (χ2v) is 5.33. The molecule has 1 aromatic carbocycles. The Bertz CT molecular complexity index is 479. The Hall–Kier alpha value is -2.11. The Morgan fingerprint density at radius 2 is 1.85 bits per heavy atom. The number of carbonyl (C=O) groups is 2. The van der Waals surface area contributed by atoms with Gasteiger partial charge in [-0.25, -0.2) is 9.18 Å². The summed E-state index contributed by atoms with van der Waals surface area (Å²) in [6.07, 6.45) is -0.689. The molecule has 110 valence electrons. The van der Waals surface area contributed by atoms with Crippen LogP contribution < -0.4 is 5.32 Å². The van der Waals surface area contributed by atoms with Crippen molar-refractivity contribution in [3.8, 4) is 0 Å². The summed E-state index contributed by atoms with van der Waals surface area (Å²) < 4.78 is 17.8. The third-order valence-corrected chi connectivity index (χ3v) is 2.42. The maximum absolute atomic E-state index is 12.8. The van der Waals surface area contributed by atoms with E-state index in [1.54, 1.807) is 20.8 Å². The fourth-order valence-corrected chi connectivity index (χ4v) is 1.54. The van der Waals surface area contributed by atoms with Gasteiger partial charge < -0.3 is 15.2 Å². The summed E-state index contributed by atoms with van der Waals surface area (Å²) in [5.41, 5.74) is -0.242.